The second-order valence-corrected chi connectivity index (χ2v) is 5.07. The lowest BCUT2D eigenvalue weighted by atomic mass is 10.0. The Morgan fingerprint density at radius 2 is 1.78 bits per heavy atom. The summed E-state index contributed by atoms with van der Waals surface area (Å²) in [5.74, 6) is 1.02. The lowest BCUT2D eigenvalue weighted by Gasteiger charge is -2.09. The fraction of sp³-hybridized carbons (Fsp3) is 0.571. The molecule has 0 radical (unpaired) electrons. The van der Waals surface area contributed by atoms with Gasteiger partial charge in [0.25, 0.3) is 0 Å². The van der Waals surface area contributed by atoms with Gasteiger partial charge in [-0.1, -0.05) is 19.1 Å². The summed E-state index contributed by atoms with van der Waals surface area (Å²) in [6.07, 6.45) is 6.24. The van der Waals surface area contributed by atoms with Crippen LogP contribution in [0.25, 0.3) is 0 Å². The molecule has 98 valence electrons. The molecular weight excluding hydrogens is 230 g/mol. The summed E-state index contributed by atoms with van der Waals surface area (Å²) < 4.78 is 6.98. The average Bonchev–Trinajstić information content (AvgIpc) is 3.02. The van der Waals surface area contributed by atoms with Gasteiger partial charge in [0.15, 0.2) is 11.8 Å². The Balaban J connectivity index is 1.81. The molecule has 1 heterocycles. The Kier molecular flexibility index (Phi) is 2.82. The zero-order chi connectivity index (χ0) is 12.7. The Morgan fingerprint density at radius 1 is 1.17 bits per heavy atom. The molecule has 1 aromatic rings. The fourth-order valence-corrected chi connectivity index (χ4v) is 3.10. The third kappa shape index (κ3) is 1.56. The zero-order valence-corrected chi connectivity index (χ0v) is 10.6. The highest BCUT2D eigenvalue weighted by Crippen LogP contribution is 2.56. The van der Waals surface area contributed by atoms with E-state index in [1.54, 1.807) is 4.57 Å². The van der Waals surface area contributed by atoms with Crippen molar-refractivity contribution in [3.8, 4) is 11.8 Å². The van der Waals surface area contributed by atoms with E-state index in [0.29, 0.717) is 13.2 Å². The maximum absolute atomic E-state index is 10.2. The SMILES string of the molecule is CCCOCCn1c(O)c2c(c1O)C1C=CC2C1. The maximum atomic E-state index is 10.2. The van der Waals surface area contributed by atoms with Crippen LogP contribution >= 0.6 is 0 Å². The van der Waals surface area contributed by atoms with Gasteiger partial charge in [-0.25, -0.2) is 0 Å². The molecule has 2 N–H and O–H groups in total. The van der Waals surface area contributed by atoms with E-state index in [1.165, 1.54) is 0 Å². The molecule has 2 unspecified atom stereocenters. The van der Waals surface area contributed by atoms with Gasteiger partial charge in [-0.3, -0.25) is 4.57 Å². The van der Waals surface area contributed by atoms with Gasteiger partial charge in [-0.05, 0) is 12.8 Å². The Bertz CT molecular complexity index is 454. The predicted molar refractivity (Wildman–Crippen MR) is 68.1 cm³/mol. The number of aromatic hydroxyl groups is 2. The van der Waals surface area contributed by atoms with Gasteiger partial charge in [0.1, 0.15) is 0 Å². The molecule has 0 aliphatic heterocycles. The normalized spacial score (nSPS) is 23.8. The first-order valence-corrected chi connectivity index (χ1v) is 6.64. The summed E-state index contributed by atoms with van der Waals surface area (Å²) >= 11 is 0. The van der Waals surface area contributed by atoms with Crippen LogP contribution in [0.15, 0.2) is 12.2 Å². The molecule has 2 aliphatic rings. The summed E-state index contributed by atoms with van der Waals surface area (Å²) in [4.78, 5) is 0. The largest absolute Gasteiger partial charge is 0.494 e. The van der Waals surface area contributed by atoms with Crippen molar-refractivity contribution in [2.24, 2.45) is 0 Å². The van der Waals surface area contributed by atoms with E-state index in [4.69, 9.17) is 4.74 Å². The lowest BCUT2D eigenvalue weighted by Crippen LogP contribution is -2.06. The standard InChI is InChI=1S/C14H19NO3/c1-2-6-18-7-5-15-13(16)11-9-3-4-10(8-9)12(11)14(15)17/h3-4,9-10,16-17H,2,5-8H2,1H3. The Morgan fingerprint density at radius 3 is 2.33 bits per heavy atom. The topological polar surface area (TPSA) is 54.6 Å². The first-order chi connectivity index (χ1) is 8.74. The summed E-state index contributed by atoms with van der Waals surface area (Å²) in [6, 6.07) is 0. The molecule has 0 aromatic carbocycles. The predicted octanol–water partition coefficient (Wildman–Crippen LogP) is 2.47. The number of ether oxygens (including phenoxy) is 1. The first kappa shape index (κ1) is 11.7. The molecule has 0 fully saturated rings. The molecule has 3 rings (SSSR count). The van der Waals surface area contributed by atoms with Crippen molar-refractivity contribution >= 4 is 0 Å². The molecule has 2 atom stereocenters. The molecule has 1 aromatic heterocycles. The van der Waals surface area contributed by atoms with Crippen LogP contribution in [0.3, 0.4) is 0 Å². The lowest BCUT2D eigenvalue weighted by molar-refractivity contribution is 0.123. The number of rotatable bonds is 5. The minimum absolute atomic E-state index is 0.222. The third-order valence-corrected chi connectivity index (χ3v) is 3.92. The average molecular weight is 249 g/mol. The molecule has 4 heteroatoms. The highest BCUT2D eigenvalue weighted by Gasteiger charge is 2.40. The number of hydrogen-bond acceptors (Lipinski definition) is 3. The van der Waals surface area contributed by atoms with Crippen molar-refractivity contribution in [1.29, 1.82) is 0 Å². The van der Waals surface area contributed by atoms with Crippen molar-refractivity contribution in [3.05, 3.63) is 23.3 Å². The Labute approximate surface area is 107 Å². The fourth-order valence-electron chi connectivity index (χ4n) is 3.10. The van der Waals surface area contributed by atoms with E-state index in [2.05, 4.69) is 19.1 Å². The van der Waals surface area contributed by atoms with Crippen LogP contribution in [-0.4, -0.2) is 28.0 Å². The smallest absolute Gasteiger partial charge is 0.198 e. The van der Waals surface area contributed by atoms with E-state index in [0.717, 1.165) is 30.6 Å². The van der Waals surface area contributed by atoms with Gasteiger partial charge in [-0.2, -0.15) is 0 Å². The van der Waals surface area contributed by atoms with E-state index >= 15 is 0 Å². The third-order valence-electron chi connectivity index (χ3n) is 3.92. The van der Waals surface area contributed by atoms with Crippen LogP contribution in [0.4, 0.5) is 0 Å². The number of aromatic nitrogens is 1. The Hall–Kier alpha value is -1.42. The van der Waals surface area contributed by atoms with Crippen LogP contribution in [0.1, 0.15) is 42.7 Å². The van der Waals surface area contributed by atoms with Crippen molar-refractivity contribution < 1.29 is 14.9 Å². The number of fused-ring (bicyclic) bond motifs is 5. The molecule has 4 nitrogen and oxygen atoms in total. The van der Waals surface area contributed by atoms with Gasteiger partial charge >= 0.3 is 0 Å². The van der Waals surface area contributed by atoms with Crippen molar-refractivity contribution in [1.82, 2.24) is 4.57 Å². The summed E-state index contributed by atoms with van der Waals surface area (Å²) in [6.45, 7) is 3.80. The molecular formula is C14H19NO3. The van der Waals surface area contributed by atoms with Crippen molar-refractivity contribution in [2.75, 3.05) is 13.2 Å². The first-order valence-electron chi connectivity index (χ1n) is 6.64. The monoisotopic (exact) mass is 249 g/mol. The van der Waals surface area contributed by atoms with Gasteiger partial charge < -0.3 is 14.9 Å². The quantitative estimate of drug-likeness (QED) is 0.622. The number of allylic oxidation sites excluding steroid dienone is 2. The second kappa shape index (κ2) is 4.35. The van der Waals surface area contributed by atoms with Gasteiger partial charge in [0, 0.05) is 29.6 Å². The van der Waals surface area contributed by atoms with Crippen LogP contribution in [0.2, 0.25) is 0 Å². The molecule has 2 bridgehead atoms. The summed E-state index contributed by atoms with van der Waals surface area (Å²) in [7, 11) is 0. The van der Waals surface area contributed by atoms with Crippen LogP contribution in [0, 0.1) is 0 Å². The van der Waals surface area contributed by atoms with Crippen LogP contribution < -0.4 is 0 Å². The molecule has 0 amide bonds. The molecule has 0 saturated heterocycles. The van der Waals surface area contributed by atoms with E-state index in [1.807, 2.05) is 0 Å². The van der Waals surface area contributed by atoms with Gasteiger partial charge in [-0.15, -0.1) is 0 Å². The van der Waals surface area contributed by atoms with E-state index < -0.39 is 0 Å². The summed E-state index contributed by atoms with van der Waals surface area (Å²) in [5, 5.41) is 20.4. The van der Waals surface area contributed by atoms with Gasteiger partial charge in [0.2, 0.25) is 0 Å². The zero-order valence-electron chi connectivity index (χ0n) is 10.6. The maximum Gasteiger partial charge on any atom is 0.198 e. The molecule has 0 spiro atoms. The van der Waals surface area contributed by atoms with Crippen molar-refractivity contribution in [2.45, 2.75) is 38.1 Å². The minimum atomic E-state index is 0.222. The molecule has 0 saturated carbocycles. The van der Waals surface area contributed by atoms with Crippen molar-refractivity contribution in [3.63, 3.8) is 0 Å². The summed E-state index contributed by atoms with van der Waals surface area (Å²) in [5.41, 5.74) is 1.85. The minimum Gasteiger partial charge on any atom is -0.494 e. The highest BCUT2D eigenvalue weighted by molar-refractivity contribution is 5.58. The van der Waals surface area contributed by atoms with Crippen LogP contribution in [0.5, 0.6) is 11.8 Å². The van der Waals surface area contributed by atoms with E-state index in [-0.39, 0.29) is 23.6 Å². The number of hydrogen-bond donors (Lipinski definition) is 2. The number of nitrogens with zero attached hydrogens (tertiary/aromatic N) is 1. The molecule has 2 aliphatic carbocycles. The second-order valence-electron chi connectivity index (χ2n) is 5.07. The van der Waals surface area contributed by atoms with Gasteiger partial charge in [0.05, 0.1) is 13.2 Å². The van der Waals surface area contributed by atoms with E-state index in [9.17, 15) is 10.2 Å². The molecule has 18 heavy (non-hydrogen) atoms. The van der Waals surface area contributed by atoms with Crippen LogP contribution in [-0.2, 0) is 11.3 Å². The highest BCUT2D eigenvalue weighted by atomic mass is 16.5.